The SMILES string of the molecule is NC(=O)[C@H]1CCCCN1C(=O)CN1CCO[C@H](Cn2cccn2)C1. The molecule has 1 aromatic rings. The van der Waals surface area contributed by atoms with Crippen LogP contribution in [-0.4, -0.2) is 76.3 Å². The van der Waals surface area contributed by atoms with Crippen LogP contribution in [-0.2, 0) is 20.9 Å². The molecule has 0 aromatic carbocycles. The van der Waals surface area contributed by atoms with E-state index in [9.17, 15) is 9.59 Å². The van der Waals surface area contributed by atoms with Crippen molar-refractivity contribution < 1.29 is 14.3 Å². The number of ether oxygens (including phenoxy) is 1. The second-order valence-corrected chi connectivity index (χ2v) is 6.46. The highest BCUT2D eigenvalue weighted by Gasteiger charge is 2.32. The molecule has 0 unspecified atom stereocenters. The third kappa shape index (κ3) is 4.12. The summed E-state index contributed by atoms with van der Waals surface area (Å²) < 4.78 is 7.60. The Bertz CT molecular complexity index is 562. The summed E-state index contributed by atoms with van der Waals surface area (Å²) >= 11 is 0. The molecule has 2 fully saturated rings. The monoisotopic (exact) mass is 335 g/mol. The fourth-order valence-corrected chi connectivity index (χ4v) is 3.46. The zero-order valence-electron chi connectivity index (χ0n) is 13.8. The number of nitrogens with zero attached hydrogens (tertiary/aromatic N) is 4. The zero-order valence-corrected chi connectivity index (χ0v) is 13.8. The van der Waals surface area contributed by atoms with Crippen LogP contribution in [0.25, 0.3) is 0 Å². The minimum Gasteiger partial charge on any atom is -0.374 e. The molecule has 2 N–H and O–H groups in total. The first-order valence-corrected chi connectivity index (χ1v) is 8.53. The van der Waals surface area contributed by atoms with Crippen LogP contribution in [0.3, 0.4) is 0 Å². The Hall–Kier alpha value is -1.93. The number of nitrogens with two attached hydrogens (primary N) is 1. The van der Waals surface area contributed by atoms with Gasteiger partial charge in [-0.05, 0) is 25.3 Å². The van der Waals surface area contributed by atoms with E-state index < -0.39 is 11.9 Å². The Kier molecular flexibility index (Phi) is 5.47. The third-order valence-electron chi connectivity index (χ3n) is 4.68. The molecule has 3 rings (SSSR count). The van der Waals surface area contributed by atoms with Crippen LogP contribution in [0.2, 0.25) is 0 Å². The minimum absolute atomic E-state index is 0.0137. The van der Waals surface area contributed by atoms with E-state index in [0.717, 1.165) is 19.4 Å². The predicted molar refractivity (Wildman–Crippen MR) is 87.0 cm³/mol. The van der Waals surface area contributed by atoms with Gasteiger partial charge in [0.25, 0.3) is 0 Å². The van der Waals surface area contributed by atoms with E-state index in [-0.39, 0.29) is 12.0 Å². The quantitative estimate of drug-likeness (QED) is 0.779. The largest absolute Gasteiger partial charge is 0.374 e. The fraction of sp³-hybridized carbons (Fsp3) is 0.688. The number of primary amides is 1. The molecule has 132 valence electrons. The van der Waals surface area contributed by atoms with Crippen LogP contribution in [0.15, 0.2) is 18.5 Å². The zero-order chi connectivity index (χ0) is 16.9. The maximum absolute atomic E-state index is 12.6. The van der Waals surface area contributed by atoms with Gasteiger partial charge < -0.3 is 15.4 Å². The number of likely N-dealkylation sites (tertiary alicyclic amines) is 1. The van der Waals surface area contributed by atoms with E-state index in [2.05, 4.69) is 10.00 Å². The van der Waals surface area contributed by atoms with Crippen LogP contribution in [0.5, 0.6) is 0 Å². The number of hydrogen-bond acceptors (Lipinski definition) is 5. The Balaban J connectivity index is 1.54. The van der Waals surface area contributed by atoms with Gasteiger partial charge in [-0.3, -0.25) is 19.2 Å². The van der Waals surface area contributed by atoms with Crippen LogP contribution >= 0.6 is 0 Å². The van der Waals surface area contributed by atoms with Crippen molar-refractivity contribution >= 4 is 11.8 Å². The summed E-state index contributed by atoms with van der Waals surface area (Å²) in [6, 6.07) is 1.43. The third-order valence-corrected chi connectivity index (χ3v) is 4.68. The molecular formula is C16H25N5O3. The maximum atomic E-state index is 12.6. The summed E-state index contributed by atoms with van der Waals surface area (Å²) in [5, 5.41) is 4.19. The van der Waals surface area contributed by atoms with E-state index in [1.807, 2.05) is 16.9 Å². The number of piperidine rings is 1. The first-order chi connectivity index (χ1) is 11.6. The van der Waals surface area contributed by atoms with Crippen molar-refractivity contribution in [2.24, 2.45) is 5.73 Å². The molecule has 8 nitrogen and oxygen atoms in total. The molecule has 0 aliphatic carbocycles. The molecule has 3 heterocycles. The van der Waals surface area contributed by atoms with Crippen molar-refractivity contribution in [3.8, 4) is 0 Å². The van der Waals surface area contributed by atoms with Gasteiger partial charge in [0.15, 0.2) is 0 Å². The summed E-state index contributed by atoms with van der Waals surface area (Å²) in [4.78, 5) is 27.9. The smallest absolute Gasteiger partial charge is 0.240 e. The maximum Gasteiger partial charge on any atom is 0.240 e. The van der Waals surface area contributed by atoms with Gasteiger partial charge in [-0.1, -0.05) is 0 Å². The van der Waals surface area contributed by atoms with Gasteiger partial charge >= 0.3 is 0 Å². The van der Waals surface area contributed by atoms with Gasteiger partial charge in [0.2, 0.25) is 11.8 Å². The lowest BCUT2D eigenvalue weighted by atomic mass is 10.0. The molecule has 2 aliphatic heterocycles. The number of hydrogen-bond donors (Lipinski definition) is 1. The molecule has 1 aromatic heterocycles. The molecule has 0 radical (unpaired) electrons. The molecule has 2 atom stereocenters. The fourth-order valence-electron chi connectivity index (χ4n) is 3.46. The van der Waals surface area contributed by atoms with E-state index >= 15 is 0 Å². The second kappa shape index (κ2) is 7.76. The first kappa shape index (κ1) is 16.9. The van der Waals surface area contributed by atoms with Gasteiger partial charge in [-0.15, -0.1) is 0 Å². The van der Waals surface area contributed by atoms with Crippen LogP contribution in [0, 0.1) is 0 Å². The van der Waals surface area contributed by atoms with E-state index in [4.69, 9.17) is 10.5 Å². The Morgan fingerprint density at radius 1 is 1.29 bits per heavy atom. The average Bonchev–Trinajstić information content (AvgIpc) is 3.08. The molecule has 2 amide bonds. The lowest BCUT2D eigenvalue weighted by molar-refractivity contribution is -0.143. The van der Waals surface area contributed by atoms with Crippen molar-refractivity contribution in [3.63, 3.8) is 0 Å². The van der Waals surface area contributed by atoms with Crippen molar-refractivity contribution in [1.29, 1.82) is 0 Å². The molecule has 24 heavy (non-hydrogen) atoms. The normalized spacial score (nSPS) is 25.6. The highest BCUT2D eigenvalue weighted by molar-refractivity contribution is 5.87. The summed E-state index contributed by atoms with van der Waals surface area (Å²) in [6.07, 6.45) is 6.20. The highest BCUT2D eigenvalue weighted by Crippen LogP contribution is 2.17. The number of carbonyl (C=O) groups is 2. The number of amides is 2. The molecular weight excluding hydrogens is 310 g/mol. The Labute approximate surface area is 141 Å². The molecule has 0 bridgehead atoms. The van der Waals surface area contributed by atoms with Crippen LogP contribution < -0.4 is 5.73 Å². The van der Waals surface area contributed by atoms with Gasteiger partial charge in [0.05, 0.1) is 25.8 Å². The van der Waals surface area contributed by atoms with E-state index in [1.54, 1.807) is 11.1 Å². The highest BCUT2D eigenvalue weighted by atomic mass is 16.5. The molecule has 2 saturated heterocycles. The van der Waals surface area contributed by atoms with Gasteiger partial charge in [0, 0.05) is 32.0 Å². The van der Waals surface area contributed by atoms with Crippen molar-refractivity contribution in [2.75, 3.05) is 32.8 Å². The van der Waals surface area contributed by atoms with Crippen LogP contribution in [0.1, 0.15) is 19.3 Å². The number of aromatic nitrogens is 2. The van der Waals surface area contributed by atoms with Crippen molar-refractivity contribution in [3.05, 3.63) is 18.5 Å². The van der Waals surface area contributed by atoms with Crippen LogP contribution in [0.4, 0.5) is 0 Å². The summed E-state index contributed by atoms with van der Waals surface area (Å²) in [5.74, 6) is -0.417. The standard InChI is InChI=1S/C16H25N5O3/c17-16(23)14-4-1-2-7-21(14)15(22)12-19-8-9-24-13(10-19)11-20-6-3-5-18-20/h3,5-6,13-14H,1-2,4,7-12H2,(H2,17,23)/t13-,14+/m0/s1. The number of carbonyl (C=O) groups excluding carboxylic acids is 2. The molecule has 2 aliphatic rings. The van der Waals surface area contributed by atoms with Gasteiger partial charge in [-0.2, -0.15) is 5.10 Å². The van der Waals surface area contributed by atoms with Gasteiger partial charge in [0.1, 0.15) is 6.04 Å². The Morgan fingerprint density at radius 2 is 2.17 bits per heavy atom. The van der Waals surface area contributed by atoms with E-state index in [1.165, 1.54) is 0 Å². The Morgan fingerprint density at radius 3 is 2.92 bits per heavy atom. The predicted octanol–water partition coefficient (Wildman–Crippen LogP) is -0.550. The average molecular weight is 335 g/mol. The number of morpholine rings is 1. The molecule has 0 saturated carbocycles. The topological polar surface area (TPSA) is 93.7 Å². The molecule has 8 heteroatoms. The number of rotatable bonds is 5. The second-order valence-electron chi connectivity index (χ2n) is 6.46. The first-order valence-electron chi connectivity index (χ1n) is 8.53. The van der Waals surface area contributed by atoms with Crippen molar-refractivity contribution in [1.82, 2.24) is 19.6 Å². The summed E-state index contributed by atoms with van der Waals surface area (Å²) in [6.45, 7) is 3.59. The van der Waals surface area contributed by atoms with Crippen molar-refractivity contribution in [2.45, 2.75) is 38.0 Å². The minimum atomic E-state index is -0.452. The lowest BCUT2D eigenvalue weighted by Crippen LogP contribution is -2.55. The summed E-state index contributed by atoms with van der Waals surface area (Å²) in [7, 11) is 0. The van der Waals surface area contributed by atoms with E-state index in [0.29, 0.717) is 39.2 Å². The van der Waals surface area contributed by atoms with Gasteiger partial charge in [-0.25, -0.2) is 0 Å². The summed E-state index contributed by atoms with van der Waals surface area (Å²) in [5.41, 5.74) is 5.45. The molecule has 0 spiro atoms. The lowest BCUT2D eigenvalue weighted by Gasteiger charge is -2.37.